The summed E-state index contributed by atoms with van der Waals surface area (Å²) in [6, 6.07) is 6.37. The van der Waals surface area contributed by atoms with Crippen molar-refractivity contribution in [3.63, 3.8) is 0 Å². The fraction of sp³-hybridized carbons (Fsp3) is 0.524. The van der Waals surface area contributed by atoms with Crippen LogP contribution in [-0.4, -0.2) is 21.9 Å². The number of pyridine rings is 1. The molecule has 0 spiro atoms. The van der Waals surface area contributed by atoms with Gasteiger partial charge in [0.15, 0.2) is 0 Å². The highest BCUT2D eigenvalue weighted by Crippen LogP contribution is 2.53. The van der Waals surface area contributed by atoms with Crippen LogP contribution in [0.2, 0.25) is 0 Å². The largest absolute Gasteiger partial charge is 0.357 e. The van der Waals surface area contributed by atoms with E-state index in [1.54, 1.807) is 0 Å². The number of hydrogen-bond acceptors (Lipinski definition) is 2. The van der Waals surface area contributed by atoms with Crippen LogP contribution in [0.1, 0.15) is 48.3 Å². The van der Waals surface area contributed by atoms with Crippen LogP contribution in [-0.2, 0) is 0 Å². The van der Waals surface area contributed by atoms with Gasteiger partial charge in [0.2, 0.25) is 0 Å². The van der Waals surface area contributed by atoms with Crippen LogP contribution >= 0.6 is 0 Å². The molecule has 0 saturated heterocycles. The predicted octanol–water partition coefficient (Wildman–Crippen LogP) is 3.94. The minimum Gasteiger partial charge on any atom is -0.357 e. The van der Waals surface area contributed by atoms with Gasteiger partial charge in [-0.2, -0.15) is 0 Å². The van der Waals surface area contributed by atoms with Crippen molar-refractivity contribution in [2.45, 2.75) is 45.1 Å². The second-order valence-corrected chi connectivity index (χ2v) is 8.42. The van der Waals surface area contributed by atoms with E-state index in [4.69, 9.17) is 0 Å². The number of nitrogens with zero attached hydrogens (tertiary/aromatic N) is 1. The van der Waals surface area contributed by atoms with E-state index in [1.165, 1.54) is 32.1 Å². The molecule has 6 rings (SSSR count). The zero-order chi connectivity index (χ0) is 17.0. The lowest BCUT2D eigenvalue weighted by Crippen LogP contribution is -2.55. The number of nitrogens with one attached hydrogen (secondary N) is 2. The SMILES string of the molecule is Cc1ccc(-c2c[nH]c(C(=O)NC3C4CC5CC(C4)CC3C5)c2)cn1. The number of rotatable bonds is 3. The number of aromatic amines is 1. The Hall–Kier alpha value is -2.10. The Morgan fingerprint density at radius 1 is 1.08 bits per heavy atom. The molecule has 4 heteroatoms. The maximum Gasteiger partial charge on any atom is 0.267 e. The molecule has 2 aromatic heterocycles. The van der Waals surface area contributed by atoms with Gasteiger partial charge in [-0.15, -0.1) is 0 Å². The van der Waals surface area contributed by atoms with Gasteiger partial charge in [0.1, 0.15) is 5.69 Å². The zero-order valence-electron chi connectivity index (χ0n) is 14.7. The fourth-order valence-electron chi connectivity index (χ4n) is 5.72. The summed E-state index contributed by atoms with van der Waals surface area (Å²) in [4.78, 5) is 20.3. The van der Waals surface area contributed by atoms with Crippen LogP contribution < -0.4 is 5.32 Å². The number of carbonyl (C=O) groups is 1. The van der Waals surface area contributed by atoms with E-state index in [2.05, 4.69) is 15.3 Å². The van der Waals surface area contributed by atoms with Gasteiger partial charge in [-0.05, 0) is 74.8 Å². The maximum atomic E-state index is 12.8. The first-order valence-electron chi connectivity index (χ1n) is 9.58. The number of carbonyl (C=O) groups excluding carboxylic acids is 1. The van der Waals surface area contributed by atoms with E-state index in [-0.39, 0.29) is 5.91 Å². The Morgan fingerprint density at radius 3 is 2.44 bits per heavy atom. The molecule has 0 radical (unpaired) electrons. The highest BCUT2D eigenvalue weighted by molar-refractivity contribution is 5.94. The minimum atomic E-state index is 0.0452. The first-order valence-corrected chi connectivity index (χ1v) is 9.58. The summed E-state index contributed by atoms with van der Waals surface area (Å²) >= 11 is 0. The topological polar surface area (TPSA) is 57.8 Å². The summed E-state index contributed by atoms with van der Waals surface area (Å²) < 4.78 is 0. The molecule has 25 heavy (non-hydrogen) atoms. The minimum absolute atomic E-state index is 0.0452. The van der Waals surface area contributed by atoms with Crippen molar-refractivity contribution >= 4 is 5.91 Å². The average Bonchev–Trinajstić information content (AvgIpc) is 3.08. The van der Waals surface area contributed by atoms with Crippen LogP contribution in [0, 0.1) is 30.6 Å². The van der Waals surface area contributed by atoms with Crippen LogP contribution in [0.3, 0.4) is 0 Å². The summed E-state index contributed by atoms with van der Waals surface area (Å²) in [7, 11) is 0. The van der Waals surface area contributed by atoms with Crippen LogP contribution in [0.25, 0.3) is 11.1 Å². The molecule has 2 heterocycles. The lowest BCUT2D eigenvalue weighted by atomic mass is 9.54. The molecule has 4 aliphatic carbocycles. The number of hydrogen-bond donors (Lipinski definition) is 2. The van der Waals surface area contributed by atoms with Crippen LogP contribution in [0.15, 0.2) is 30.6 Å². The van der Waals surface area contributed by atoms with Crippen molar-refractivity contribution in [1.82, 2.24) is 15.3 Å². The molecule has 4 bridgehead atoms. The molecule has 0 unspecified atom stereocenters. The molecule has 4 nitrogen and oxygen atoms in total. The number of aryl methyl sites for hydroxylation is 1. The quantitative estimate of drug-likeness (QED) is 0.892. The Kier molecular flexibility index (Phi) is 3.47. The van der Waals surface area contributed by atoms with E-state index in [9.17, 15) is 4.79 Å². The standard InChI is InChI=1S/C21H25N3O/c1-12-2-3-15(10-22-12)18-9-19(23-11-18)21(25)24-20-16-5-13-4-14(7-16)8-17(20)6-13/h2-3,9-11,13-14,16-17,20,23H,4-8H2,1H3,(H,24,25). The fourth-order valence-corrected chi connectivity index (χ4v) is 5.72. The van der Waals surface area contributed by atoms with Gasteiger partial charge >= 0.3 is 0 Å². The van der Waals surface area contributed by atoms with Crippen LogP contribution in [0.5, 0.6) is 0 Å². The Balaban J connectivity index is 1.31. The lowest BCUT2D eigenvalue weighted by Gasteiger charge is -2.54. The second kappa shape index (κ2) is 5.72. The van der Waals surface area contributed by atoms with Crippen LogP contribution in [0.4, 0.5) is 0 Å². The Morgan fingerprint density at radius 2 is 1.80 bits per heavy atom. The summed E-state index contributed by atoms with van der Waals surface area (Å²) in [5.41, 5.74) is 3.71. The molecule has 4 saturated carbocycles. The van der Waals surface area contributed by atoms with Crippen molar-refractivity contribution in [1.29, 1.82) is 0 Å². The monoisotopic (exact) mass is 335 g/mol. The molecule has 4 aliphatic rings. The lowest BCUT2D eigenvalue weighted by molar-refractivity contribution is -0.0120. The molecule has 130 valence electrons. The van der Waals surface area contributed by atoms with E-state index >= 15 is 0 Å². The van der Waals surface area contributed by atoms with E-state index < -0.39 is 0 Å². The van der Waals surface area contributed by atoms with E-state index in [0.717, 1.165) is 28.7 Å². The van der Waals surface area contributed by atoms with Gasteiger partial charge in [0.25, 0.3) is 5.91 Å². The molecule has 0 aliphatic heterocycles. The Labute approximate surface area is 148 Å². The summed E-state index contributed by atoms with van der Waals surface area (Å²) in [6.45, 7) is 1.98. The summed E-state index contributed by atoms with van der Waals surface area (Å²) in [6.07, 6.45) is 10.5. The van der Waals surface area contributed by atoms with Gasteiger partial charge < -0.3 is 10.3 Å². The third-order valence-corrected chi connectivity index (χ3v) is 6.70. The van der Waals surface area contributed by atoms with Gasteiger partial charge in [0.05, 0.1) is 0 Å². The third-order valence-electron chi connectivity index (χ3n) is 6.70. The van der Waals surface area contributed by atoms with E-state index in [1.807, 2.05) is 37.5 Å². The molecule has 0 atom stereocenters. The Bertz CT molecular complexity index is 764. The molecular weight excluding hydrogens is 310 g/mol. The predicted molar refractivity (Wildman–Crippen MR) is 97.1 cm³/mol. The highest BCUT2D eigenvalue weighted by Gasteiger charge is 2.48. The average molecular weight is 335 g/mol. The molecule has 0 aromatic carbocycles. The molecule has 2 aromatic rings. The van der Waals surface area contributed by atoms with Crippen molar-refractivity contribution in [2.75, 3.05) is 0 Å². The normalized spacial score (nSPS) is 32.8. The highest BCUT2D eigenvalue weighted by atomic mass is 16.1. The van der Waals surface area contributed by atoms with E-state index in [0.29, 0.717) is 23.6 Å². The maximum absolute atomic E-state index is 12.8. The van der Waals surface area contributed by atoms with Gasteiger partial charge in [0, 0.05) is 35.3 Å². The molecule has 1 amide bonds. The zero-order valence-corrected chi connectivity index (χ0v) is 14.7. The molecule has 4 fully saturated rings. The van der Waals surface area contributed by atoms with Gasteiger partial charge in [-0.25, -0.2) is 0 Å². The van der Waals surface area contributed by atoms with Crippen molar-refractivity contribution < 1.29 is 4.79 Å². The molecular formula is C21H25N3O. The second-order valence-electron chi connectivity index (χ2n) is 8.42. The number of H-pyrrole nitrogens is 1. The number of amides is 1. The van der Waals surface area contributed by atoms with Crippen molar-refractivity contribution in [3.05, 3.63) is 42.0 Å². The number of aromatic nitrogens is 2. The first-order chi connectivity index (χ1) is 12.2. The summed E-state index contributed by atoms with van der Waals surface area (Å²) in [5.74, 6) is 3.32. The summed E-state index contributed by atoms with van der Waals surface area (Å²) in [5, 5.41) is 3.37. The third kappa shape index (κ3) is 2.68. The van der Waals surface area contributed by atoms with Gasteiger partial charge in [-0.3, -0.25) is 9.78 Å². The first kappa shape index (κ1) is 15.2. The van der Waals surface area contributed by atoms with Crippen molar-refractivity contribution in [2.24, 2.45) is 23.7 Å². The van der Waals surface area contributed by atoms with Gasteiger partial charge in [-0.1, -0.05) is 6.07 Å². The molecule has 2 N–H and O–H groups in total. The van der Waals surface area contributed by atoms with Crippen molar-refractivity contribution in [3.8, 4) is 11.1 Å². The smallest absolute Gasteiger partial charge is 0.267 e.